The van der Waals surface area contributed by atoms with Crippen LogP contribution < -0.4 is 21.4 Å². The summed E-state index contributed by atoms with van der Waals surface area (Å²) in [6, 6.07) is 0.881. The van der Waals surface area contributed by atoms with Crippen molar-refractivity contribution < 1.29 is 9.63 Å². The quantitative estimate of drug-likeness (QED) is 0.620. The summed E-state index contributed by atoms with van der Waals surface area (Å²) in [4.78, 5) is 18.3. The summed E-state index contributed by atoms with van der Waals surface area (Å²) >= 11 is 0. The predicted octanol–water partition coefficient (Wildman–Crippen LogP) is 1.48. The van der Waals surface area contributed by atoms with Gasteiger partial charge in [0, 0.05) is 18.0 Å². The Morgan fingerprint density at radius 1 is 1.04 bits per heavy atom. The molecule has 0 aromatic carbocycles. The number of nitrogens with one attached hydrogen (secondary N) is 4. The molecule has 8 atom stereocenters. The molecule has 4 fully saturated rings. The van der Waals surface area contributed by atoms with E-state index in [1.165, 1.54) is 25.7 Å². The lowest BCUT2D eigenvalue weighted by atomic mass is 9.72. The average molecular weight is 351 g/mol. The normalized spacial score (nSPS) is 47.4. The Labute approximate surface area is 151 Å². The topological polar surface area (TPSA) is 74.4 Å². The summed E-state index contributed by atoms with van der Waals surface area (Å²) in [5.74, 6) is 2.50. The summed E-state index contributed by atoms with van der Waals surface area (Å²) in [6.45, 7) is 5.27. The zero-order chi connectivity index (χ0) is 17.4. The first kappa shape index (κ1) is 17.7. The lowest BCUT2D eigenvalue weighted by Crippen LogP contribution is -2.49. The second kappa shape index (κ2) is 7.51. The minimum absolute atomic E-state index is 0.0946. The molecule has 2 aliphatic heterocycles. The number of hydrogen-bond donors (Lipinski definition) is 4. The van der Waals surface area contributed by atoms with Crippen LogP contribution in [0.3, 0.4) is 0 Å². The van der Waals surface area contributed by atoms with Gasteiger partial charge < -0.3 is 10.6 Å². The molecule has 0 aromatic heterocycles. The van der Waals surface area contributed by atoms with Crippen LogP contribution in [0.5, 0.6) is 0 Å². The van der Waals surface area contributed by atoms with Gasteiger partial charge in [-0.15, -0.1) is 0 Å². The van der Waals surface area contributed by atoms with E-state index in [0.29, 0.717) is 35.7 Å². The molecule has 142 valence electrons. The Morgan fingerprint density at radius 2 is 1.88 bits per heavy atom. The third-order valence-electron chi connectivity index (χ3n) is 7.01. The lowest BCUT2D eigenvalue weighted by molar-refractivity contribution is -0.127. The van der Waals surface area contributed by atoms with Crippen molar-refractivity contribution in [1.29, 1.82) is 0 Å². The largest absolute Gasteiger partial charge is 0.353 e. The van der Waals surface area contributed by atoms with Crippen LogP contribution in [-0.2, 0) is 9.63 Å². The summed E-state index contributed by atoms with van der Waals surface area (Å²) in [5.41, 5.74) is 3.15. The Hall–Kier alpha value is -0.690. The highest BCUT2D eigenvalue weighted by Crippen LogP contribution is 2.48. The summed E-state index contributed by atoms with van der Waals surface area (Å²) in [6.07, 6.45) is 8.39. The Balaban J connectivity index is 1.30. The molecule has 2 heterocycles. The molecule has 8 unspecified atom stereocenters. The van der Waals surface area contributed by atoms with Crippen LogP contribution >= 0.6 is 0 Å². The summed E-state index contributed by atoms with van der Waals surface area (Å²) in [5, 5.41) is 10.3. The highest BCUT2D eigenvalue weighted by Gasteiger charge is 2.45. The summed E-state index contributed by atoms with van der Waals surface area (Å²) in [7, 11) is 0. The predicted molar refractivity (Wildman–Crippen MR) is 96.3 cm³/mol. The highest BCUT2D eigenvalue weighted by molar-refractivity contribution is 5.79. The van der Waals surface area contributed by atoms with Gasteiger partial charge in [0.1, 0.15) is 6.23 Å². The van der Waals surface area contributed by atoms with Gasteiger partial charge in [-0.05, 0) is 83.1 Å². The van der Waals surface area contributed by atoms with E-state index in [1.807, 2.05) is 6.92 Å². The van der Waals surface area contributed by atoms with Gasteiger partial charge in [-0.3, -0.25) is 14.9 Å². The van der Waals surface area contributed by atoms with Gasteiger partial charge >= 0.3 is 0 Å². The van der Waals surface area contributed by atoms with Gasteiger partial charge in [0.05, 0.1) is 6.17 Å². The fourth-order valence-corrected chi connectivity index (χ4v) is 5.72. The molecule has 2 saturated carbocycles. The first-order valence-electron chi connectivity index (χ1n) is 10.3. The number of piperidine rings is 1. The van der Waals surface area contributed by atoms with Gasteiger partial charge in [0.2, 0.25) is 5.91 Å². The molecule has 4 N–H and O–H groups in total. The molecule has 0 spiro atoms. The van der Waals surface area contributed by atoms with E-state index < -0.39 is 0 Å². The monoisotopic (exact) mass is 350 g/mol. The molecule has 6 nitrogen and oxygen atoms in total. The molecule has 4 aliphatic rings. The molecule has 0 radical (unpaired) electrons. The zero-order valence-electron chi connectivity index (χ0n) is 15.6. The smallest absolute Gasteiger partial charge is 0.223 e. The molecule has 0 aromatic rings. The van der Waals surface area contributed by atoms with Crippen molar-refractivity contribution in [1.82, 2.24) is 21.4 Å². The number of rotatable bonds is 3. The van der Waals surface area contributed by atoms with Gasteiger partial charge in [-0.1, -0.05) is 0 Å². The lowest BCUT2D eigenvalue weighted by Gasteiger charge is -2.37. The maximum atomic E-state index is 12.9. The number of carbonyl (C=O) groups is 1. The maximum Gasteiger partial charge on any atom is 0.223 e. The van der Waals surface area contributed by atoms with Crippen molar-refractivity contribution in [2.24, 2.45) is 23.7 Å². The SMILES string of the molecule is CC1CC(NC(=O)C2CCC3CC(C4NOC(C)N4)CCC32)CCN1. The zero-order valence-corrected chi connectivity index (χ0v) is 15.6. The van der Waals surface area contributed by atoms with Crippen LogP contribution in [0.15, 0.2) is 0 Å². The van der Waals surface area contributed by atoms with E-state index >= 15 is 0 Å². The molecule has 6 heteroatoms. The van der Waals surface area contributed by atoms with Crippen LogP contribution in [0, 0.1) is 23.7 Å². The van der Waals surface area contributed by atoms with E-state index in [4.69, 9.17) is 4.84 Å². The van der Waals surface area contributed by atoms with Crippen molar-refractivity contribution in [3.8, 4) is 0 Å². The second-order valence-corrected chi connectivity index (χ2v) is 8.79. The minimum atomic E-state index is 0.0946. The molecule has 0 bridgehead atoms. The van der Waals surface area contributed by atoms with Gasteiger partial charge in [-0.2, -0.15) is 5.48 Å². The van der Waals surface area contributed by atoms with Crippen LogP contribution in [0.4, 0.5) is 0 Å². The second-order valence-electron chi connectivity index (χ2n) is 8.79. The van der Waals surface area contributed by atoms with E-state index in [-0.39, 0.29) is 18.3 Å². The van der Waals surface area contributed by atoms with Gasteiger partial charge in [0.15, 0.2) is 0 Å². The third-order valence-corrected chi connectivity index (χ3v) is 7.01. The standard InChI is InChI=1S/C19H34N4O2/c1-11-9-15(7-8-20-11)22-19(24)17-6-3-13-10-14(4-5-16(13)17)18-21-12(2)25-23-18/h11-18,20-21,23H,3-10H2,1-2H3,(H,22,24). The van der Waals surface area contributed by atoms with Gasteiger partial charge in [0.25, 0.3) is 0 Å². The Morgan fingerprint density at radius 3 is 2.64 bits per heavy atom. The molecule has 2 aliphatic carbocycles. The fourth-order valence-electron chi connectivity index (χ4n) is 5.72. The molecule has 2 saturated heterocycles. The van der Waals surface area contributed by atoms with E-state index in [1.54, 1.807) is 0 Å². The number of fused-ring (bicyclic) bond motifs is 1. The molecular formula is C19H34N4O2. The molecule has 4 rings (SSSR count). The minimum Gasteiger partial charge on any atom is -0.353 e. The Kier molecular flexibility index (Phi) is 5.32. The van der Waals surface area contributed by atoms with Gasteiger partial charge in [-0.25, -0.2) is 0 Å². The molecule has 1 amide bonds. The van der Waals surface area contributed by atoms with Crippen LogP contribution in [-0.4, -0.2) is 36.9 Å². The molecule has 25 heavy (non-hydrogen) atoms. The average Bonchev–Trinajstić information content (AvgIpc) is 3.20. The number of amides is 1. The van der Waals surface area contributed by atoms with Crippen molar-refractivity contribution in [3.63, 3.8) is 0 Å². The number of hydroxylamine groups is 1. The highest BCUT2D eigenvalue weighted by atomic mass is 16.7. The third kappa shape index (κ3) is 3.87. The Bertz CT molecular complexity index is 488. The van der Waals surface area contributed by atoms with Crippen molar-refractivity contribution in [2.45, 2.75) is 83.3 Å². The van der Waals surface area contributed by atoms with Crippen LogP contribution in [0.2, 0.25) is 0 Å². The van der Waals surface area contributed by atoms with E-state index in [9.17, 15) is 4.79 Å². The molecular weight excluding hydrogens is 316 g/mol. The maximum absolute atomic E-state index is 12.9. The number of carbonyl (C=O) groups excluding carboxylic acids is 1. The first-order valence-corrected chi connectivity index (χ1v) is 10.3. The first-order chi connectivity index (χ1) is 12.1. The van der Waals surface area contributed by atoms with E-state index in [0.717, 1.165) is 25.8 Å². The summed E-state index contributed by atoms with van der Waals surface area (Å²) < 4.78 is 0. The van der Waals surface area contributed by atoms with Crippen molar-refractivity contribution in [2.75, 3.05) is 6.54 Å². The van der Waals surface area contributed by atoms with Crippen molar-refractivity contribution >= 4 is 5.91 Å². The fraction of sp³-hybridized carbons (Fsp3) is 0.947. The van der Waals surface area contributed by atoms with Crippen LogP contribution in [0.1, 0.15) is 58.8 Å². The van der Waals surface area contributed by atoms with Crippen molar-refractivity contribution in [3.05, 3.63) is 0 Å². The number of hydrogen-bond acceptors (Lipinski definition) is 5. The van der Waals surface area contributed by atoms with Crippen LogP contribution in [0.25, 0.3) is 0 Å². The van der Waals surface area contributed by atoms with E-state index in [2.05, 4.69) is 28.4 Å².